The zero-order valence-electron chi connectivity index (χ0n) is 5.77. The summed E-state index contributed by atoms with van der Waals surface area (Å²) >= 11 is 5.29. The molecule has 0 aliphatic heterocycles. The summed E-state index contributed by atoms with van der Waals surface area (Å²) in [6, 6.07) is 1.77. The van der Waals surface area contributed by atoms with Gasteiger partial charge in [-0.25, -0.2) is 4.98 Å². The lowest BCUT2D eigenvalue weighted by Crippen LogP contribution is -1.97. The quantitative estimate of drug-likeness (QED) is 0.451. The van der Waals surface area contributed by atoms with E-state index < -0.39 is 0 Å². The summed E-state index contributed by atoms with van der Waals surface area (Å²) in [4.78, 5) is 15.0. The molecule has 0 unspecified atom stereocenters. The van der Waals surface area contributed by atoms with Gasteiger partial charge in [0, 0.05) is 10.7 Å². The van der Waals surface area contributed by atoms with Gasteiger partial charge in [-0.3, -0.25) is 4.79 Å². The highest BCUT2D eigenvalue weighted by Gasteiger charge is 2.05. The second kappa shape index (κ2) is 3.62. The van der Waals surface area contributed by atoms with Crippen LogP contribution < -0.4 is 0 Å². The minimum atomic E-state index is 0.0446. The number of nitrogens with zero attached hydrogens (tertiary/aromatic N) is 1. The first-order valence-corrected chi connectivity index (χ1v) is 4.80. The van der Waals surface area contributed by atoms with Crippen molar-refractivity contribution in [2.45, 2.75) is 6.92 Å². The third-order valence-corrected chi connectivity index (χ3v) is 2.48. The minimum absolute atomic E-state index is 0.0446. The fourth-order valence-electron chi connectivity index (χ4n) is 0.669. The van der Waals surface area contributed by atoms with Crippen molar-refractivity contribution in [2.75, 3.05) is 0 Å². The molecule has 11 heavy (non-hydrogen) atoms. The molecule has 2 nitrogen and oxygen atoms in total. The van der Waals surface area contributed by atoms with Gasteiger partial charge in [-0.1, -0.05) is 0 Å². The van der Waals surface area contributed by atoms with E-state index in [4.69, 9.17) is 0 Å². The second-order valence-electron chi connectivity index (χ2n) is 2.05. The molecule has 0 bridgehead atoms. The topological polar surface area (TPSA) is 30.0 Å². The first kappa shape index (κ1) is 9.12. The molecule has 0 saturated heterocycles. The lowest BCUT2D eigenvalue weighted by molar-refractivity contribution is 0.101. The van der Waals surface area contributed by atoms with Crippen molar-refractivity contribution in [3.05, 3.63) is 26.0 Å². The van der Waals surface area contributed by atoms with E-state index in [9.17, 15) is 4.79 Å². The highest BCUT2D eigenvalue weighted by atomic mass is 127. The van der Waals surface area contributed by atoms with Crippen molar-refractivity contribution < 1.29 is 4.79 Å². The van der Waals surface area contributed by atoms with Gasteiger partial charge < -0.3 is 0 Å². The molecule has 0 atom stereocenters. The van der Waals surface area contributed by atoms with Crippen LogP contribution in [0.25, 0.3) is 0 Å². The number of aromatic nitrogens is 1. The summed E-state index contributed by atoms with van der Waals surface area (Å²) in [5.41, 5.74) is 0.667. The molecule has 1 rings (SSSR count). The highest BCUT2D eigenvalue weighted by molar-refractivity contribution is 14.1. The number of rotatable bonds is 1. The van der Waals surface area contributed by atoms with Crippen molar-refractivity contribution in [2.24, 2.45) is 0 Å². The number of halogens is 2. The van der Waals surface area contributed by atoms with E-state index in [1.54, 1.807) is 12.3 Å². The van der Waals surface area contributed by atoms with E-state index in [0.29, 0.717) is 5.56 Å². The normalized spacial score (nSPS) is 9.73. The lowest BCUT2D eigenvalue weighted by atomic mass is 10.2. The second-order valence-corrected chi connectivity index (χ2v) is 3.99. The summed E-state index contributed by atoms with van der Waals surface area (Å²) in [5.74, 6) is 0.0446. The average molecular weight is 326 g/mol. The van der Waals surface area contributed by atoms with Crippen LogP contribution in [0.5, 0.6) is 0 Å². The summed E-state index contributed by atoms with van der Waals surface area (Å²) in [7, 11) is 0. The molecule has 0 amide bonds. The smallest absolute Gasteiger partial charge is 0.162 e. The minimum Gasteiger partial charge on any atom is -0.294 e. The van der Waals surface area contributed by atoms with Crippen LogP contribution in [0, 0.1) is 3.70 Å². The van der Waals surface area contributed by atoms with Crippen molar-refractivity contribution in [3.8, 4) is 0 Å². The Labute approximate surface area is 86.7 Å². The Balaban J connectivity index is 3.23. The Morgan fingerprint density at radius 1 is 1.73 bits per heavy atom. The van der Waals surface area contributed by atoms with E-state index in [1.165, 1.54) is 6.92 Å². The molecule has 1 heterocycles. The zero-order chi connectivity index (χ0) is 8.43. The van der Waals surface area contributed by atoms with Crippen LogP contribution in [0.15, 0.2) is 16.7 Å². The van der Waals surface area contributed by atoms with Gasteiger partial charge in [0.2, 0.25) is 0 Å². The lowest BCUT2D eigenvalue weighted by Gasteiger charge is -1.98. The van der Waals surface area contributed by atoms with Gasteiger partial charge in [-0.15, -0.1) is 0 Å². The van der Waals surface area contributed by atoms with Gasteiger partial charge in [-0.2, -0.15) is 0 Å². The van der Waals surface area contributed by atoms with Crippen LogP contribution in [0.1, 0.15) is 17.3 Å². The molecule has 0 fully saturated rings. The van der Waals surface area contributed by atoms with Gasteiger partial charge in [0.25, 0.3) is 0 Å². The predicted octanol–water partition coefficient (Wildman–Crippen LogP) is 2.65. The van der Waals surface area contributed by atoms with E-state index >= 15 is 0 Å². The van der Waals surface area contributed by atoms with Crippen LogP contribution in [0.4, 0.5) is 0 Å². The largest absolute Gasteiger partial charge is 0.294 e. The van der Waals surface area contributed by atoms with E-state index in [-0.39, 0.29) is 5.78 Å². The molecule has 1 aromatic heterocycles. The van der Waals surface area contributed by atoms with Crippen LogP contribution in [0.3, 0.4) is 0 Å². The Kier molecular flexibility index (Phi) is 3.00. The third-order valence-electron chi connectivity index (χ3n) is 1.18. The molecule has 0 spiro atoms. The molecular formula is C7H5BrINO. The number of carbonyl (C=O) groups excluding carboxylic acids is 1. The summed E-state index contributed by atoms with van der Waals surface area (Å²) in [5, 5.41) is 0. The fourth-order valence-corrected chi connectivity index (χ4v) is 1.68. The molecule has 0 aliphatic rings. The molecule has 1 aromatic rings. The Morgan fingerprint density at radius 3 is 2.82 bits per heavy atom. The highest BCUT2D eigenvalue weighted by Crippen LogP contribution is 2.15. The van der Waals surface area contributed by atoms with E-state index in [0.717, 1.165) is 8.17 Å². The van der Waals surface area contributed by atoms with Gasteiger partial charge >= 0.3 is 0 Å². The first-order chi connectivity index (χ1) is 5.11. The van der Waals surface area contributed by atoms with Crippen LogP contribution in [-0.2, 0) is 0 Å². The zero-order valence-corrected chi connectivity index (χ0v) is 9.51. The molecule has 0 N–H and O–H groups in total. The van der Waals surface area contributed by atoms with Gasteiger partial charge in [0.05, 0.1) is 5.56 Å². The monoisotopic (exact) mass is 325 g/mol. The van der Waals surface area contributed by atoms with Crippen molar-refractivity contribution in [1.82, 2.24) is 4.98 Å². The molecule has 0 saturated carbocycles. The van der Waals surface area contributed by atoms with Crippen molar-refractivity contribution in [3.63, 3.8) is 0 Å². The van der Waals surface area contributed by atoms with Crippen molar-refractivity contribution >= 4 is 44.3 Å². The first-order valence-electron chi connectivity index (χ1n) is 2.93. The molecule has 4 heteroatoms. The maximum Gasteiger partial charge on any atom is 0.162 e. The summed E-state index contributed by atoms with van der Waals surface area (Å²) in [6.45, 7) is 1.53. The molecule has 0 aliphatic carbocycles. The van der Waals surface area contributed by atoms with Gasteiger partial charge in [0.15, 0.2) is 5.78 Å². The van der Waals surface area contributed by atoms with E-state index in [1.807, 2.05) is 22.6 Å². The number of Topliss-reactive ketones (excluding diaryl/α,β-unsaturated/α-hetero) is 1. The van der Waals surface area contributed by atoms with Crippen LogP contribution in [0.2, 0.25) is 0 Å². The fraction of sp³-hybridized carbons (Fsp3) is 0.143. The number of hydrogen-bond acceptors (Lipinski definition) is 2. The Morgan fingerprint density at radius 2 is 2.36 bits per heavy atom. The van der Waals surface area contributed by atoms with Crippen molar-refractivity contribution in [1.29, 1.82) is 0 Å². The SMILES string of the molecule is CC(=O)c1cc(Br)cnc1I. The maximum atomic E-state index is 11.0. The Hall–Kier alpha value is 0.0300. The number of pyridine rings is 1. The summed E-state index contributed by atoms with van der Waals surface area (Å²) in [6.07, 6.45) is 1.67. The number of hydrogen-bond donors (Lipinski definition) is 0. The maximum absolute atomic E-state index is 11.0. The molecule has 0 aromatic carbocycles. The van der Waals surface area contributed by atoms with Gasteiger partial charge in [-0.05, 0) is 51.5 Å². The Bertz CT molecular complexity index is 300. The predicted molar refractivity (Wildman–Crippen MR) is 54.7 cm³/mol. The molecular weight excluding hydrogens is 321 g/mol. The third kappa shape index (κ3) is 2.23. The van der Waals surface area contributed by atoms with Crippen LogP contribution in [-0.4, -0.2) is 10.8 Å². The summed E-state index contributed by atoms with van der Waals surface area (Å²) < 4.78 is 1.58. The van der Waals surface area contributed by atoms with E-state index in [2.05, 4.69) is 20.9 Å². The number of carbonyl (C=O) groups is 1. The molecule has 0 radical (unpaired) electrons. The van der Waals surface area contributed by atoms with Crippen LogP contribution >= 0.6 is 38.5 Å². The standard InChI is InChI=1S/C7H5BrINO/c1-4(11)6-2-5(8)3-10-7(6)9/h2-3H,1H3. The van der Waals surface area contributed by atoms with Gasteiger partial charge in [0.1, 0.15) is 3.70 Å². The average Bonchev–Trinajstić information content (AvgIpc) is 1.94. The number of ketones is 1. The molecule has 58 valence electrons.